The summed E-state index contributed by atoms with van der Waals surface area (Å²) in [7, 11) is 3.13. The average Bonchev–Trinajstić information content (AvgIpc) is 3.45. The van der Waals surface area contributed by atoms with E-state index in [4.69, 9.17) is 16.3 Å². The average molecular weight is 565 g/mol. The van der Waals surface area contributed by atoms with Gasteiger partial charge in [-0.3, -0.25) is 18.7 Å². The molecule has 2 aromatic carbocycles. The lowest BCUT2D eigenvalue weighted by molar-refractivity contribution is -0.142. The molecule has 0 saturated carbocycles. The third-order valence-corrected chi connectivity index (χ3v) is 6.93. The van der Waals surface area contributed by atoms with Crippen molar-refractivity contribution in [2.75, 3.05) is 11.9 Å². The van der Waals surface area contributed by atoms with Crippen molar-refractivity contribution in [3.63, 3.8) is 0 Å². The van der Waals surface area contributed by atoms with Gasteiger partial charge in [0.2, 0.25) is 5.95 Å². The summed E-state index contributed by atoms with van der Waals surface area (Å²) >= 11 is 6.27. The number of nitrogens with zero attached hydrogens (tertiary/aromatic N) is 5. The SMILES string of the molecule is CCOC(=O)Cc1ccc(Nc2nc3c(c(=O)n(Cc4cc5c(Cl)cccc5n4C(=O)O)c(=O)n3C)n2C)cc1. The minimum absolute atomic E-state index is 0.148. The van der Waals surface area contributed by atoms with Crippen LogP contribution in [0, 0.1) is 0 Å². The van der Waals surface area contributed by atoms with E-state index in [0.717, 1.165) is 14.7 Å². The van der Waals surface area contributed by atoms with Crippen LogP contribution in [0.1, 0.15) is 18.2 Å². The minimum Gasteiger partial charge on any atom is -0.466 e. The van der Waals surface area contributed by atoms with Gasteiger partial charge in [-0.05, 0) is 42.8 Å². The van der Waals surface area contributed by atoms with Gasteiger partial charge in [0, 0.05) is 30.2 Å². The van der Waals surface area contributed by atoms with E-state index in [2.05, 4.69) is 10.3 Å². The van der Waals surface area contributed by atoms with E-state index < -0.39 is 17.3 Å². The Morgan fingerprint density at radius 3 is 2.48 bits per heavy atom. The number of carbonyl (C=O) groups is 2. The largest absolute Gasteiger partial charge is 0.466 e. The lowest BCUT2D eigenvalue weighted by atomic mass is 10.1. The smallest absolute Gasteiger partial charge is 0.416 e. The molecule has 0 amide bonds. The number of ether oxygens (including phenoxy) is 1. The van der Waals surface area contributed by atoms with Crippen LogP contribution in [0.5, 0.6) is 0 Å². The number of imidazole rings is 1. The molecule has 13 heteroatoms. The number of halogens is 1. The van der Waals surface area contributed by atoms with Crippen LogP contribution in [0.2, 0.25) is 5.02 Å². The standard InChI is InChI=1S/C27H25ClN6O6/c1-4-40-21(35)12-15-8-10-16(11-9-15)29-25-30-23-22(31(25)2)24(36)33(26(37)32(23)3)14-17-13-18-19(28)6-5-7-20(18)34(17)27(38)39/h5-11,13H,4,12,14H2,1-3H3,(H,29,30)(H,38,39). The normalized spacial score (nSPS) is 11.3. The molecule has 206 valence electrons. The monoisotopic (exact) mass is 564 g/mol. The molecular weight excluding hydrogens is 540 g/mol. The summed E-state index contributed by atoms with van der Waals surface area (Å²) in [5, 5.41) is 13.8. The molecule has 0 fully saturated rings. The van der Waals surface area contributed by atoms with Gasteiger partial charge in [0.15, 0.2) is 11.2 Å². The van der Waals surface area contributed by atoms with Crippen molar-refractivity contribution in [3.8, 4) is 0 Å². The van der Waals surface area contributed by atoms with Gasteiger partial charge in [-0.15, -0.1) is 0 Å². The molecule has 12 nitrogen and oxygen atoms in total. The number of hydrogen-bond donors (Lipinski definition) is 2. The van der Waals surface area contributed by atoms with Gasteiger partial charge in [-0.2, -0.15) is 4.98 Å². The summed E-state index contributed by atoms with van der Waals surface area (Å²) in [5.74, 6) is -0.00741. The quantitative estimate of drug-likeness (QED) is 0.286. The zero-order chi connectivity index (χ0) is 28.7. The Morgan fingerprint density at radius 2 is 1.80 bits per heavy atom. The first-order chi connectivity index (χ1) is 19.1. The summed E-state index contributed by atoms with van der Waals surface area (Å²) in [6.45, 7) is 1.76. The van der Waals surface area contributed by atoms with Crippen LogP contribution >= 0.6 is 11.6 Å². The van der Waals surface area contributed by atoms with Crippen molar-refractivity contribution in [1.29, 1.82) is 0 Å². The fourth-order valence-corrected chi connectivity index (χ4v) is 4.89. The van der Waals surface area contributed by atoms with Gasteiger partial charge in [0.05, 0.1) is 30.8 Å². The van der Waals surface area contributed by atoms with Gasteiger partial charge in [0.25, 0.3) is 5.56 Å². The zero-order valence-electron chi connectivity index (χ0n) is 21.8. The number of benzene rings is 2. The number of anilines is 2. The van der Waals surface area contributed by atoms with E-state index in [-0.39, 0.29) is 35.8 Å². The number of esters is 1. The predicted octanol–water partition coefficient (Wildman–Crippen LogP) is 3.47. The van der Waals surface area contributed by atoms with Gasteiger partial charge < -0.3 is 19.7 Å². The number of hydrogen-bond acceptors (Lipinski definition) is 7. The Kier molecular flexibility index (Phi) is 6.94. The van der Waals surface area contributed by atoms with E-state index >= 15 is 0 Å². The first-order valence-corrected chi connectivity index (χ1v) is 12.7. The molecule has 0 spiro atoms. The van der Waals surface area contributed by atoms with Crippen molar-refractivity contribution in [3.05, 3.63) is 85.6 Å². The summed E-state index contributed by atoms with van der Waals surface area (Å²) in [6.07, 6.45) is -1.12. The summed E-state index contributed by atoms with van der Waals surface area (Å²) in [6, 6.07) is 13.5. The topological polar surface area (TPSA) is 142 Å². The van der Waals surface area contributed by atoms with Crippen molar-refractivity contribution in [2.24, 2.45) is 14.1 Å². The third-order valence-electron chi connectivity index (χ3n) is 6.60. The number of carboxylic acid groups (broad SMARTS) is 1. The van der Waals surface area contributed by atoms with Crippen molar-refractivity contribution < 1.29 is 19.4 Å². The molecule has 0 aliphatic carbocycles. The van der Waals surface area contributed by atoms with Gasteiger partial charge in [-0.25, -0.2) is 14.2 Å². The molecule has 3 aromatic heterocycles. The zero-order valence-corrected chi connectivity index (χ0v) is 22.6. The number of rotatable bonds is 7. The molecule has 0 saturated heterocycles. The molecule has 2 N–H and O–H groups in total. The highest BCUT2D eigenvalue weighted by Crippen LogP contribution is 2.27. The molecule has 0 unspecified atom stereocenters. The van der Waals surface area contributed by atoms with E-state index in [0.29, 0.717) is 34.2 Å². The van der Waals surface area contributed by atoms with Gasteiger partial charge in [-0.1, -0.05) is 29.8 Å². The maximum atomic E-state index is 13.6. The van der Waals surface area contributed by atoms with E-state index in [1.54, 1.807) is 62.5 Å². The van der Waals surface area contributed by atoms with Crippen LogP contribution in [0.15, 0.2) is 58.1 Å². The fraction of sp³-hybridized carbons (Fsp3) is 0.222. The Balaban J connectivity index is 1.53. The van der Waals surface area contributed by atoms with Gasteiger partial charge in [0.1, 0.15) is 0 Å². The second kappa shape index (κ2) is 10.4. The lowest BCUT2D eigenvalue weighted by Crippen LogP contribution is -2.40. The molecule has 5 aromatic rings. The number of aromatic nitrogens is 5. The highest BCUT2D eigenvalue weighted by Gasteiger charge is 2.22. The molecule has 0 aliphatic heterocycles. The molecule has 0 atom stereocenters. The molecule has 0 bridgehead atoms. The lowest BCUT2D eigenvalue weighted by Gasteiger charge is -2.10. The van der Waals surface area contributed by atoms with E-state index in [9.17, 15) is 24.3 Å². The molecule has 40 heavy (non-hydrogen) atoms. The Labute approximate surface area is 231 Å². The van der Waals surface area contributed by atoms with Crippen LogP contribution in [0.4, 0.5) is 16.4 Å². The van der Waals surface area contributed by atoms with Crippen LogP contribution in [0.25, 0.3) is 22.1 Å². The minimum atomic E-state index is -1.27. The highest BCUT2D eigenvalue weighted by molar-refractivity contribution is 6.35. The van der Waals surface area contributed by atoms with Crippen molar-refractivity contribution >= 4 is 57.4 Å². The Bertz CT molecular complexity index is 1910. The Hall–Kier alpha value is -4.84. The van der Waals surface area contributed by atoms with Crippen LogP contribution < -0.4 is 16.6 Å². The van der Waals surface area contributed by atoms with E-state index in [1.807, 2.05) is 0 Å². The van der Waals surface area contributed by atoms with Crippen LogP contribution in [-0.2, 0) is 36.6 Å². The molecule has 3 heterocycles. The molecule has 0 radical (unpaired) electrons. The second-order valence-electron chi connectivity index (χ2n) is 9.13. The predicted molar refractivity (Wildman–Crippen MR) is 150 cm³/mol. The van der Waals surface area contributed by atoms with Gasteiger partial charge >= 0.3 is 17.8 Å². The fourth-order valence-electron chi connectivity index (χ4n) is 4.66. The third kappa shape index (κ3) is 4.62. The van der Waals surface area contributed by atoms with Crippen molar-refractivity contribution in [2.45, 2.75) is 19.9 Å². The number of fused-ring (bicyclic) bond motifs is 2. The first kappa shape index (κ1) is 26.8. The summed E-state index contributed by atoms with van der Waals surface area (Å²) in [5.41, 5.74) is 1.02. The Morgan fingerprint density at radius 1 is 1.07 bits per heavy atom. The molecular formula is C27H25ClN6O6. The maximum Gasteiger partial charge on any atom is 0.416 e. The number of nitrogens with one attached hydrogen (secondary N) is 1. The number of carbonyl (C=O) groups excluding carboxylic acids is 1. The maximum absolute atomic E-state index is 13.6. The molecule has 0 aliphatic rings. The first-order valence-electron chi connectivity index (χ1n) is 12.3. The summed E-state index contributed by atoms with van der Waals surface area (Å²) < 4.78 is 9.73. The second-order valence-corrected chi connectivity index (χ2v) is 9.54. The highest BCUT2D eigenvalue weighted by atomic mass is 35.5. The number of aryl methyl sites for hydroxylation is 2. The van der Waals surface area contributed by atoms with E-state index in [1.165, 1.54) is 16.2 Å². The van der Waals surface area contributed by atoms with Crippen LogP contribution in [0.3, 0.4) is 0 Å². The molecule has 5 rings (SSSR count). The van der Waals surface area contributed by atoms with Crippen molar-refractivity contribution in [1.82, 2.24) is 23.3 Å². The summed E-state index contributed by atoms with van der Waals surface area (Å²) in [4.78, 5) is 55.1. The van der Waals surface area contributed by atoms with Crippen LogP contribution in [-0.4, -0.2) is 47.0 Å².